The lowest BCUT2D eigenvalue weighted by molar-refractivity contribution is 0.0941. The summed E-state index contributed by atoms with van der Waals surface area (Å²) in [5, 5.41) is 5.60. The summed E-state index contributed by atoms with van der Waals surface area (Å²) in [6, 6.07) is 10.4. The van der Waals surface area contributed by atoms with Crippen LogP contribution in [0.5, 0.6) is 5.75 Å². The summed E-state index contributed by atoms with van der Waals surface area (Å²) < 4.78 is 3.45. The SMILES string of the molecule is COc1ccccc1N[C@@H](NC(=O)c1cccnc1)C(Cl)(Cl)Cl. The van der Waals surface area contributed by atoms with Crippen molar-refractivity contribution in [3.63, 3.8) is 0 Å². The first kappa shape index (κ1) is 17.7. The van der Waals surface area contributed by atoms with Crippen LogP contribution in [0.4, 0.5) is 5.69 Å². The van der Waals surface area contributed by atoms with E-state index in [1.165, 1.54) is 13.3 Å². The minimum absolute atomic E-state index is 0.355. The third-order valence-corrected chi connectivity index (χ3v) is 3.59. The van der Waals surface area contributed by atoms with E-state index in [1.807, 2.05) is 6.07 Å². The molecule has 2 aromatic rings. The van der Waals surface area contributed by atoms with Crippen LogP contribution in [0.15, 0.2) is 48.8 Å². The maximum atomic E-state index is 12.2. The molecule has 1 atom stereocenters. The zero-order valence-corrected chi connectivity index (χ0v) is 14.4. The number of alkyl halides is 3. The molecule has 23 heavy (non-hydrogen) atoms. The van der Waals surface area contributed by atoms with E-state index in [0.717, 1.165) is 0 Å². The number of nitrogens with one attached hydrogen (secondary N) is 2. The Morgan fingerprint density at radius 2 is 1.96 bits per heavy atom. The highest BCUT2D eigenvalue weighted by Gasteiger charge is 2.34. The van der Waals surface area contributed by atoms with Crippen LogP contribution >= 0.6 is 34.8 Å². The standard InChI is InChI=1S/C15H14Cl3N3O2/c1-23-12-7-3-2-6-11(12)20-14(15(16,17)18)21-13(22)10-5-4-8-19-9-10/h2-9,14,20H,1H3,(H,21,22)/t14-/m0/s1. The maximum absolute atomic E-state index is 12.2. The number of pyridine rings is 1. The molecule has 1 aromatic heterocycles. The fourth-order valence-electron chi connectivity index (χ4n) is 1.83. The molecule has 0 radical (unpaired) electrons. The van der Waals surface area contributed by atoms with Crippen LogP contribution in [0, 0.1) is 0 Å². The maximum Gasteiger partial charge on any atom is 0.254 e. The van der Waals surface area contributed by atoms with Crippen molar-refractivity contribution in [2.24, 2.45) is 0 Å². The molecule has 0 aliphatic heterocycles. The zero-order chi connectivity index (χ0) is 16.9. The fraction of sp³-hybridized carbons (Fsp3) is 0.200. The van der Waals surface area contributed by atoms with Gasteiger partial charge in [0, 0.05) is 12.4 Å². The van der Waals surface area contributed by atoms with E-state index >= 15 is 0 Å². The largest absolute Gasteiger partial charge is 0.495 e. The summed E-state index contributed by atoms with van der Waals surface area (Å²) in [5.41, 5.74) is 0.936. The van der Waals surface area contributed by atoms with Crippen LogP contribution in [0.3, 0.4) is 0 Å². The van der Waals surface area contributed by atoms with E-state index in [0.29, 0.717) is 17.0 Å². The Balaban J connectivity index is 2.20. The van der Waals surface area contributed by atoms with Gasteiger partial charge in [0.2, 0.25) is 3.79 Å². The Morgan fingerprint density at radius 3 is 2.57 bits per heavy atom. The number of rotatable bonds is 5. The van der Waals surface area contributed by atoms with E-state index in [2.05, 4.69) is 15.6 Å². The number of nitrogens with zero attached hydrogens (tertiary/aromatic N) is 1. The number of hydrogen-bond donors (Lipinski definition) is 2. The smallest absolute Gasteiger partial charge is 0.254 e. The molecule has 1 heterocycles. The number of hydrogen-bond acceptors (Lipinski definition) is 4. The van der Waals surface area contributed by atoms with Gasteiger partial charge in [-0.2, -0.15) is 0 Å². The van der Waals surface area contributed by atoms with Crippen LogP contribution < -0.4 is 15.4 Å². The van der Waals surface area contributed by atoms with Crippen LogP contribution in [-0.2, 0) is 0 Å². The minimum atomic E-state index is -1.78. The van der Waals surface area contributed by atoms with E-state index in [-0.39, 0.29) is 0 Å². The zero-order valence-electron chi connectivity index (χ0n) is 12.1. The summed E-state index contributed by atoms with van der Waals surface area (Å²) in [7, 11) is 1.53. The van der Waals surface area contributed by atoms with Crippen LogP contribution in [0.1, 0.15) is 10.4 Å². The molecule has 0 saturated carbocycles. The Labute approximate surface area is 148 Å². The van der Waals surface area contributed by atoms with Crippen molar-refractivity contribution in [3.8, 4) is 5.75 Å². The van der Waals surface area contributed by atoms with E-state index in [9.17, 15) is 4.79 Å². The first-order valence-electron chi connectivity index (χ1n) is 6.59. The normalized spacial score (nSPS) is 12.3. The molecule has 5 nitrogen and oxygen atoms in total. The third kappa shape index (κ3) is 4.89. The average molecular weight is 375 g/mol. The Bertz CT molecular complexity index is 663. The van der Waals surface area contributed by atoms with Gasteiger partial charge >= 0.3 is 0 Å². The number of amides is 1. The summed E-state index contributed by atoms with van der Waals surface area (Å²) in [5.74, 6) is 0.138. The second-order valence-electron chi connectivity index (χ2n) is 4.53. The molecule has 0 aliphatic carbocycles. The Hall–Kier alpha value is -1.69. The van der Waals surface area contributed by atoms with Gasteiger partial charge in [0.05, 0.1) is 18.4 Å². The third-order valence-electron chi connectivity index (χ3n) is 2.93. The van der Waals surface area contributed by atoms with Gasteiger partial charge in [0.1, 0.15) is 11.9 Å². The number of methoxy groups -OCH3 is 1. The predicted molar refractivity (Wildman–Crippen MR) is 92.4 cm³/mol. The Kier molecular flexibility index (Phi) is 5.93. The number of ether oxygens (including phenoxy) is 1. The Morgan fingerprint density at radius 1 is 1.22 bits per heavy atom. The second kappa shape index (κ2) is 7.73. The lowest BCUT2D eigenvalue weighted by Crippen LogP contribution is -2.49. The molecule has 0 saturated heterocycles. The van der Waals surface area contributed by atoms with Crippen molar-refractivity contribution in [1.29, 1.82) is 0 Å². The van der Waals surface area contributed by atoms with Gasteiger partial charge in [0.15, 0.2) is 0 Å². The molecular weight excluding hydrogens is 361 g/mol. The summed E-state index contributed by atoms with van der Waals surface area (Å²) in [6.07, 6.45) is 2.01. The molecule has 0 fully saturated rings. The van der Waals surface area contributed by atoms with Crippen LogP contribution in [-0.4, -0.2) is 28.0 Å². The average Bonchev–Trinajstić information content (AvgIpc) is 2.54. The first-order chi connectivity index (χ1) is 10.9. The van der Waals surface area contributed by atoms with E-state index in [4.69, 9.17) is 39.5 Å². The molecule has 8 heteroatoms. The van der Waals surface area contributed by atoms with Crippen molar-refractivity contribution >= 4 is 46.4 Å². The molecular formula is C15H14Cl3N3O2. The lowest BCUT2D eigenvalue weighted by atomic mass is 10.2. The summed E-state index contributed by atoms with van der Waals surface area (Å²) >= 11 is 17.9. The van der Waals surface area contributed by atoms with Crippen molar-refractivity contribution in [3.05, 3.63) is 54.4 Å². The van der Waals surface area contributed by atoms with Crippen molar-refractivity contribution in [2.45, 2.75) is 9.96 Å². The van der Waals surface area contributed by atoms with Crippen LogP contribution in [0.2, 0.25) is 0 Å². The highest BCUT2D eigenvalue weighted by molar-refractivity contribution is 6.68. The predicted octanol–water partition coefficient (Wildman–Crippen LogP) is 3.63. The van der Waals surface area contributed by atoms with Gasteiger partial charge in [0.25, 0.3) is 5.91 Å². The number of carbonyl (C=O) groups is 1. The molecule has 2 N–H and O–H groups in total. The number of anilines is 1. The van der Waals surface area contributed by atoms with Gasteiger partial charge in [-0.25, -0.2) is 0 Å². The van der Waals surface area contributed by atoms with Crippen molar-refractivity contribution in [1.82, 2.24) is 10.3 Å². The van der Waals surface area contributed by atoms with Crippen LogP contribution in [0.25, 0.3) is 0 Å². The summed E-state index contributed by atoms with van der Waals surface area (Å²) in [4.78, 5) is 16.1. The molecule has 0 unspecified atom stereocenters. The van der Waals surface area contributed by atoms with Gasteiger partial charge in [-0.05, 0) is 24.3 Å². The number of carbonyl (C=O) groups excluding carboxylic acids is 1. The monoisotopic (exact) mass is 373 g/mol. The highest BCUT2D eigenvalue weighted by Crippen LogP contribution is 2.33. The topological polar surface area (TPSA) is 63.2 Å². The van der Waals surface area contributed by atoms with E-state index in [1.54, 1.807) is 36.5 Å². The van der Waals surface area contributed by atoms with Gasteiger partial charge < -0.3 is 15.4 Å². The number of aromatic nitrogens is 1. The first-order valence-corrected chi connectivity index (χ1v) is 7.72. The quantitative estimate of drug-likeness (QED) is 0.620. The molecule has 1 aromatic carbocycles. The number of halogens is 3. The van der Waals surface area contributed by atoms with E-state index < -0.39 is 15.9 Å². The fourth-order valence-corrected chi connectivity index (χ4v) is 2.16. The number of benzene rings is 1. The number of para-hydroxylation sites is 2. The van der Waals surface area contributed by atoms with Gasteiger partial charge in [-0.3, -0.25) is 9.78 Å². The van der Waals surface area contributed by atoms with Gasteiger partial charge in [-0.15, -0.1) is 0 Å². The lowest BCUT2D eigenvalue weighted by Gasteiger charge is -2.28. The highest BCUT2D eigenvalue weighted by atomic mass is 35.6. The molecule has 1 amide bonds. The molecule has 0 bridgehead atoms. The van der Waals surface area contributed by atoms with Crippen molar-refractivity contribution < 1.29 is 9.53 Å². The molecule has 2 rings (SSSR count). The summed E-state index contributed by atoms with van der Waals surface area (Å²) in [6.45, 7) is 0. The minimum Gasteiger partial charge on any atom is -0.495 e. The van der Waals surface area contributed by atoms with Crippen molar-refractivity contribution in [2.75, 3.05) is 12.4 Å². The van der Waals surface area contributed by atoms with Gasteiger partial charge in [-0.1, -0.05) is 46.9 Å². The second-order valence-corrected chi connectivity index (χ2v) is 6.90. The molecule has 122 valence electrons. The molecule has 0 aliphatic rings. The molecule has 0 spiro atoms.